The number of esters is 1. The molecule has 0 bridgehead atoms. The number of rotatable bonds is 6. The molecule has 1 aromatic carbocycles. The van der Waals surface area contributed by atoms with Crippen LogP contribution in [0, 0.1) is 5.92 Å². The monoisotopic (exact) mass is 370 g/mol. The van der Waals surface area contributed by atoms with Gasteiger partial charge in [-0.2, -0.15) is 0 Å². The standard InChI is InChI=1S/C24H34O3/c1-6-7-8-9-10-18-14-21(26-17(3)25)23-19-13-16(2)11-12-20(19)24(4,5)27-22(23)15-18/h13-15,19-20H,6-12H2,1-5H3. The Morgan fingerprint density at radius 1 is 1.26 bits per heavy atom. The van der Waals surface area contributed by atoms with Crippen LogP contribution in [0.4, 0.5) is 0 Å². The van der Waals surface area contributed by atoms with Crippen LogP contribution < -0.4 is 9.47 Å². The van der Waals surface area contributed by atoms with E-state index in [1.54, 1.807) is 0 Å². The molecule has 0 aromatic heterocycles. The van der Waals surface area contributed by atoms with Crippen LogP contribution in [0.1, 0.15) is 90.2 Å². The highest BCUT2D eigenvalue weighted by atomic mass is 16.5. The van der Waals surface area contributed by atoms with Crippen molar-refractivity contribution < 1.29 is 14.3 Å². The third-order valence-corrected chi connectivity index (χ3v) is 6.08. The smallest absolute Gasteiger partial charge is 0.308 e. The maximum atomic E-state index is 11.8. The Kier molecular flexibility index (Phi) is 5.98. The lowest BCUT2D eigenvalue weighted by atomic mass is 9.68. The highest BCUT2D eigenvalue weighted by Crippen LogP contribution is 2.53. The Labute approximate surface area is 164 Å². The first-order valence-electron chi connectivity index (χ1n) is 10.5. The second-order valence-electron chi connectivity index (χ2n) is 8.80. The zero-order valence-electron chi connectivity index (χ0n) is 17.6. The van der Waals surface area contributed by atoms with E-state index >= 15 is 0 Å². The van der Waals surface area contributed by atoms with E-state index in [-0.39, 0.29) is 17.5 Å². The van der Waals surface area contributed by atoms with Crippen molar-refractivity contribution in [1.29, 1.82) is 0 Å². The molecule has 0 spiro atoms. The van der Waals surface area contributed by atoms with E-state index < -0.39 is 0 Å². The molecule has 148 valence electrons. The predicted octanol–water partition coefficient (Wildman–Crippen LogP) is 6.35. The van der Waals surface area contributed by atoms with Crippen molar-refractivity contribution in [2.45, 2.75) is 91.1 Å². The van der Waals surface area contributed by atoms with Crippen LogP contribution in [0.25, 0.3) is 0 Å². The lowest BCUT2D eigenvalue weighted by Gasteiger charge is -2.46. The first-order valence-corrected chi connectivity index (χ1v) is 10.5. The molecule has 3 rings (SSSR count). The first kappa shape index (κ1) is 20.0. The van der Waals surface area contributed by atoms with Gasteiger partial charge < -0.3 is 9.47 Å². The number of hydrogen-bond acceptors (Lipinski definition) is 3. The van der Waals surface area contributed by atoms with Crippen molar-refractivity contribution in [1.82, 2.24) is 0 Å². The Balaban J connectivity index is 2.01. The van der Waals surface area contributed by atoms with E-state index in [2.05, 4.69) is 45.9 Å². The maximum Gasteiger partial charge on any atom is 0.308 e. The minimum absolute atomic E-state index is 0.219. The number of carbonyl (C=O) groups excluding carboxylic acids is 1. The van der Waals surface area contributed by atoms with Crippen molar-refractivity contribution in [3.05, 3.63) is 34.9 Å². The highest BCUT2D eigenvalue weighted by molar-refractivity contribution is 5.71. The summed E-state index contributed by atoms with van der Waals surface area (Å²) in [6.45, 7) is 10.3. The molecule has 1 heterocycles. The molecule has 27 heavy (non-hydrogen) atoms. The van der Waals surface area contributed by atoms with Crippen LogP contribution in [-0.2, 0) is 11.2 Å². The number of aryl methyl sites for hydroxylation is 1. The van der Waals surface area contributed by atoms with E-state index in [0.717, 1.165) is 37.0 Å². The molecule has 0 saturated heterocycles. The number of ether oxygens (including phenoxy) is 2. The molecule has 0 saturated carbocycles. The Hall–Kier alpha value is -1.77. The van der Waals surface area contributed by atoms with Gasteiger partial charge in [-0.05, 0) is 64.2 Å². The fourth-order valence-corrected chi connectivity index (χ4v) is 4.70. The molecule has 2 aliphatic rings. The summed E-state index contributed by atoms with van der Waals surface area (Å²) in [5.41, 5.74) is 3.46. The molecule has 0 N–H and O–H groups in total. The van der Waals surface area contributed by atoms with Crippen molar-refractivity contribution in [2.75, 3.05) is 0 Å². The van der Waals surface area contributed by atoms with Crippen LogP contribution in [0.15, 0.2) is 23.8 Å². The van der Waals surface area contributed by atoms with Crippen molar-refractivity contribution in [2.24, 2.45) is 5.92 Å². The van der Waals surface area contributed by atoms with Crippen LogP contribution in [0.5, 0.6) is 11.5 Å². The average Bonchev–Trinajstić information content (AvgIpc) is 2.57. The summed E-state index contributed by atoms with van der Waals surface area (Å²) in [4.78, 5) is 11.8. The SMILES string of the molecule is CCCCCCc1cc(OC(C)=O)c2c(c1)OC(C)(C)C1CCC(C)=CC21. The van der Waals surface area contributed by atoms with E-state index in [1.807, 2.05) is 0 Å². The van der Waals surface area contributed by atoms with Crippen LogP contribution >= 0.6 is 0 Å². The van der Waals surface area contributed by atoms with Crippen LogP contribution in [-0.4, -0.2) is 11.6 Å². The zero-order valence-corrected chi connectivity index (χ0v) is 17.6. The lowest BCUT2D eigenvalue weighted by molar-refractivity contribution is -0.132. The van der Waals surface area contributed by atoms with Gasteiger partial charge in [-0.1, -0.05) is 37.8 Å². The minimum Gasteiger partial charge on any atom is -0.487 e. The molecule has 3 nitrogen and oxygen atoms in total. The zero-order chi connectivity index (χ0) is 19.6. The summed E-state index contributed by atoms with van der Waals surface area (Å²) in [6, 6.07) is 4.26. The van der Waals surface area contributed by atoms with E-state index in [4.69, 9.17) is 9.47 Å². The van der Waals surface area contributed by atoms with Gasteiger partial charge in [0.1, 0.15) is 17.1 Å². The topological polar surface area (TPSA) is 35.5 Å². The number of unbranched alkanes of at least 4 members (excludes halogenated alkanes) is 3. The molecule has 1 aromatic rings. The van der Waals surface area contributed by atoms with Gasteiger partial charge in [0.15, 0.2) is 0 Å². The lowest BCUT2D eigenvalue weighted by Crippen LogP contribution is -2.45. The Morgan fingerprint density at radius 2 is 2.04 bits per heavy atom. The predicted molar refractivity (Wildman–Crippen MR) is 110 cm³/mol. The van der Waals surface area contributed by atoms with Gasteiger partial charge in [0.05, 0.1) is 0 Å². The summed E-state index contributed by atoms with van der Waals surface area (Å²) in [5, 5.41) is 0. The van der Waals surface area contributed by atoms with E-state index in [1.165, 1.54) is 37.3 Å². The van der Waals surface area contributed by atoms with Crippen LogP contribution in [0.3, 0.4) is 0 Å². The van der Waals surface area contributed by atoms with Crippen LogP contribution in [0.2, 0.25) is 0 Å². The normalized spacial score (nSPS) is 22.9. The van der Waals surface area contributed by atoms with Gasteiger partial charge in [0, 0.05) is 24.3 Å². The van der Waals surface area contributed by atoms with Crippen molar-refractivity contribution in [3.8, 4) is 11.5 Å². The van der Waals surface area contributed by atoms with Crippen molar-refractivity contribution in [3.63, 3.8) is 0 Å². The molecule has 2 atom stereocenters. The first-order chi connectivity index (χ1) is 12.8. The molecule has 1 aliphatic carbocycles. The summed E-state index contributed by atoms with van der Waals surface area (Å²) < 4.78 is 12.2. The Bertz CT molecular complexity index is 729. The minimum atomic E-state index is -0.266. The van der Waals surface area contributed by atoms with Gasteiger partial charge in [0.2, 0.25) is 0 Å². The molecular formula is C24H34O3. The number of benzene rings is 1. The fraction of sp³-hybridized carbons (Fsp3) is 0.625. The largest absolute Gasteiger partial charge is 0.487 e. The summed E-state index contributed by atoms with van der Waals surface area (Å²) >= 11 is 0. The van der Waals surface area contributed by atoms with Gasteiger partial charge in [-0.15, -0.1) is 0 Å². The molecule has 2 unspecified atom stereocenters. The number of carbonyl (C=O) groups is 1. The molecular weight excluding hydrogens is 336 g/mol. The fourth-order valence-electron chi connectivity index (χ4n) is 4.70. The Morgan fingerprint density at radius 3 is 2.74 bits per heavy atom. The number of allylic oxidation sites excluding steroid dienone is 2. The third-order valence-electron chi connectivity index (χ3n) is 6.08. The molecule has 3 heteroatoms. The third kappa shape index (κ3) is 4.39. The number of fused-ring (bicyclic) bond motifs is 3. The average molecular weight is 371 g/mol. The highest BCUT2D eigenvalue weighted by Gasteiger charge is 2.45. The van der Waals surface area contributed by atoms with Crippen molar-refractivity contribution >= 4 is 5.97 Å². The summed E-state index contributed by atoms with van der Waals surface area (Å²) in [7, 11) is 0. The van der Waals surface area contributed by atoms with Gasteiger partial charge in [-0.3, -0.25) is 4.79 Å². The number of hydrogen-bond donors (Lipinski definition) is 0. The summed E-state index contributed by atoms with van der Waals surface area (Å²) in [6.07, 6.45) is 10.5. The van der Waals surface area contributed by atoms with Gasteiger partial charge >= 0.3 is 5.97 Å². The van der Waals surface area contributed by atoms with E-state index in [9.17, 15) is 4.79 Å². The second kappa shape index (κ2) is 8.08. The van der Waals surface area contributed by atoms with Gasteiger partial charge in [-0.25, -0.2) is 0 Å². The molecule has 0 fully saturated rings. The van der Waals surface area contributed by atoms with Gasteiger partial charge in [0.25, 0.3) is 0 Å². The summed E-state index contributed by atoms with van der Waals surface area (Å²) in [5.74, 6) is 1.98. The quantitative estimate of drug-likeness (QED) is 0.253. The maximum absolute atomic E-state index is 11.8. The molecule has 1 aliphatic heterocycles. The second-order valence-corrected chi connectivity index (χ2v) is 8.80. The van der Waals surface area contributed by atoms with E-state index in [0.29, 0.717) is 11.7 Å². The molecule has 0 amide bonds. The molecule has 0 radical (unpaired) electrons.